The van der Waals surface area contributed by atoms with Gasteiger partial charge in [0.2, 0.25) is 0 Å². The molecule has 0 aliphatic heterocycles. The highest BCUT2D eigenvalue weighted by atomic mass is 32.1. The van der Waals surface area contributed by atoms with Crippen LogP contribution in [0.25, 0.3) is 137 Å². The summed E-state index contributed by atoms with van der Waals surface area (Å²) in [5.41, 5.74) is 19.4. The van der Waals surface area contributed by atoms with Gasteiger partial charge in [0, 0.05) is 58.4 Å². The molecule has 10 aromatic carbocycles. The third-order valence-corrected chi connectivity index (χ3v) is 17.1. The first-order valence-corrected chi connectivity index (χ1v) is 26.4. The largest absolute Gasteiger partial charge is 0.456 e. The quantitative estimate of drug-likeness (QED) is 0.159. The van der Waals surface area contributed by atoms with E-state index in [0.29, 0.717) is 17.5 Å². The van der Waals surface area contributed by atoms with E-state index in [1.165, 1.54) is 53.7 Å². The van der Waals surface area contributed by atoms with Gasteiger partial charge in [-0.05, 0) is 121 Å². The lowest BCUT2D eigenvalue weighted by molar-refractivity contribution is 0.668. The predicted octanol–water partition coefficient (Wildman–Crippen LogP) is 18.8. The summed E-state index contributed by atoms with van der Waals surface area (Å²) >= 11 is 1.78. The van der Waals surface area contributed by atoms with Gasteiger partial charge in [0.25, 0.3) is 0 Å². The standard InChI is InChI=1S/C70H41N3O2S/c1-3-44-50-24-14-23-45(66(50)70(55(44)4-2)56-27-9-5-19-46(56)47-20-6-10-28-57(47)70)42-18-13-17-40(37-42)41-34-36-59-54(38-41)64-52(25-15-30-60(64)74-59)68-71-67(43-33-35-49-48-21-7-11-29-58(48)75-61(49)39-43)72-69(73-68)53-26-16-32-63-65(53)51-22-8-12-31-62(51)76-63/h3-39H,1-2H2. The average molecular weight is 988 g/mol. The highest BCUT2D eigenvalue weighted by molar-refractivity contribution is 7.25. The first-order chi connectivity index (χ1) is 37.6. The number of allylic oxidation sites excluding steroid dienone is 4. The van der Waals surface area contributed by atoms with E-state index in [-0.39, 0.29) is 0 Å². The van der Waals surface area contributed by atoms with Crippen molar-refractivity contribution in [1.29, 1.82) is 0 Å². The summed E-state index contributed by atoms with van der Waals surface area (Å²) in [4.78, 5) is 16.1. The van der Waals surface area contributed by atoms with E-state index in [1.54, 1.807) is 11.3 Å². The highest BCUT2D eigenvalue weighted by Crippen LogP contribution is 2.64. The molecule has 0 fully saturated rings. The molecule has 76 heavy (non-hydrogen) atoms. The Morgan fingerprint density at radius 2 is 0.934 bits per heavy atom. The maximum Gasteiger partial charge on any atom is 0.164 e. The molecule has 0 bridgehead atoms. The highest BCUT2D eigenvalue weighted by Gasteiger charge is 2.52. The van der Waals surface area contributed by atoms with Crippen molar-refractivity contribution in [1.82, 2.24) is 15.0 Å². The van der Waals surface area contributed by atoms with Crippen LogP contribution in [0, 0.1) is 0 Å². The molecule has 14 aromatic rings. The number of para-hydroxylation sites is 1. The molecule has 1 spiro atoms. The van der Waals surface area contributed by atoms with Crippen molar-refractivity contribution >= 4 is 81.0 Å². The average Bonchev–Trinajstić information content (AvgIpc) is 4.48. The molecule has 2 aliphatic carbocycles. The first-order valence-electron chi connectivity index (χ1n) is 25.5. The van der Waals surface area contributed by atoms with E-state index >= 15 is 0 Å². The van der Waals surface area contributed by atoms with Gasteiger partial charge >= 0.3 is 0 Å². The molecule has 16 rings (SSSR count). The summed E-state index contributed by atoms with van der Waals surface area (Å²) in [6.07, 6.45) is 4.07. The minimum absolute atomic E-state index is 0.551. The second-order valence-electron chi connectivity index (χ2n) is 19.8. The van der Waals surface area contributed by atoms with E-state index in [4.69, 9.17) is 23.8 Å². The fourth-order valence-corrected chi connectivity index (χ4v) is 13.9. The molecule has 0 N–H and O–H groups in total. The van der Waals surface area contributed by atoms with E-state index < -0.39 is 5.41 Å². The zero-order valence-corrected chi connectivity index (χ0v) is 41.7. The number of hydrogen-bond donors (Lipinski definition) is 0. The number of benzene rings is 10. The lowest BCUT2D eigenvalue weighted by atomic mass is 9.67. The third-order valence-electron chi connectivity index (χ3n) is 15.9. The molecular weight excluding hydrogens is 947 g/mol. The van der Waals surface area contributed by atoms with Crippen LogP contribution in [-0.4, -0.2) is 15.0 Å². The Morgan fingerprint density at radius 3 is 1.75 bits per heavy atom. The second-order valence-corrected chi connectivity index (χ2v) is 20.9. The Hall–Kier alpha value is -9.75. The van der Waals surface area contributed by atoms with Gasteiger partial charge in [-0.3, -0.25) is 0 Å². The number of furan rings is 2. The molecule has 0 atom stereocenters. The van der Waals surface area contributed by atoms with Gasteiger partial charge < -0.3 is 8.83 Å². The van der Waals surface area contributed by atoms with Crippen molar-refractivity contribution in [3.63, 3.8) is 0 Å². The van der Waals surface area contributed by atoms with E-state index in [1.807, 2.05) is 36.4 Å². The first kappa shape index (κ1) is 42.7. The van der Waals surface area contributed by atoms with Gasteiger partial charge in [-0.1, -0.05) is 183 Å². The smallest absolute Gasteiger partial charge is 0.164 e. The van der Waals surface area contributed by atoms with E-state index in [9.17, 15) is 0 Å². The van der Waals surface area contributed by atoms with Crippen LogP contribution >= 0.6 is 11.3 Å². The lowest BCUT2D eigenvalue weighted by Crippen LogP contribution is -2.27. The van der Waals surface area contributed by atoms with Crippen LogP contribution in [-0.2, 0) is 5.41 Å². The zero-order valence-electron chi connectivity index (χ0n) is 40.8. The second kappa shape index (κ2) is 16.1. The molecule has 0 saturated heterocycles. The van der Waals surface area contributed by atoms with Crippen molar-refractivity contribution in [3.05, 3.63) is 265 Å². The maximum atomic E-state index is 6.70. The molecule has 0 radical (unpaired) electrons. The van der Waals surface area contributed by atoms with E-state index in [2.05, 4.69) is 201 Å². The Bertz CT molecular complexity index is 4850. The monoisotopic (exact) mass is 987 g/mol. The summed E-state index contributed by atoms with van der Waals surface area (Å²) in [7, 11) is 0. The fourth-order valence-electron chi connectivity index (χ4n) is 12.8. The predicted molar refractivity (Wildman–Crippen MR) is 314 cm³/mol. The van der Waals surface area contributed by atoms with Gasteiger partial charge in [-0.25, -0.2) is 15.0 Å². The van der Waals surface area contributed by atoms with Crippen molar-refractivity contribution in [3.8, 4) is 67.5 Å². The summed E-state index contributed by atoms with van der Waals surface area (Å²) in [5, 5.41) is 6.33. The number of thiophene rings is 1. The van der Waals surface area contributed by atoms with Crippen molar-refractivity contribution < 1.29 is 8.83 Å². The van der Waals surface area contributed by atoms with Gasteiger partial charge in [-0.15, -0.1) is 11.3 Å². The van der Waals surface area contributed by atoms with Gasteiger partial charge in [0.1, 0.15) is 22.3 Å². The van der Waals surface area contributed by atoms with Crippen molar-refractivity contribution in [2.24, 2.45) is 0 Å². The Balaban J connectivity index is 0.873. The number of aromatic nitrogens is 3. The summed E-state index contributed by atoms with van der Waals surface area (Å²) in [6, 6.07) is 75.4. The number of rotatable bonds is 7. The Kier molecular flexibility index (Phi) is 9.06. The fraction of sp³-hybridized carbons (Fsp3) is 0.0143. The SMILES string of the molecule is C=CC1=C(C=C)C2(c3ccccc3-c3ccccc32)c2c1cccc2-c1cccc(-c2ccc3oc4cccc(-c5nc(-c6ccc7c(c6)oc6ccccc67)nc(-c6cccc7sc8ccccc8c67)n5)c4c3c2)c1. The molecule has 0 amide bonds. The molecule has 5 nitrogen and oxygen atoms in total. The number of fused-ring (bicyclic) bond motifs is 16. The lowest BCUT2D eigenvalue weighted by Gasteiger charge is -2.33. The molecule has 2 aliphatic rings. The Morgan fingerprint density at radius 1 is 0.368 bits per heavy atom. The number of hydrogen-bond acceptors (Lipinski definition) is 6. The van der Waals surface area contributed by atoms with Crippen molar-refractivity contribution in [2.45, 2.75) is 5.41 Å². The van der Waals surface area contributed by atoms with Gasteiger partial charge in [0.05, 0.1) is 5.41 Å². The topological polar surface area (TPSA) is 65.0 Å². The minimum atomic E-state index is -0.565. The molecule has 4 heterocycles. The van der Waals surface area contributed by atoms with Crippen LogP contribution in [0.4, 0.5) is 0 Å². The molecular formula is C70H41N3O2S. The van der Waals surface area contributed by atoms with Crippen LogP contribution in [0.3, 0.4) is 0 Å². The summed E-state index contributed by atoms with van der Waals surface area (Å²) < 4.78 is 15.5. The van der Waals surface area contributed by atoms with Crippen LogP contribution in [0.1, 0.15) is 22.3 Å². The van der Waals surface area contributed by atoms with Crippen molar-refractivity contribution in [2.75, 3.05) is 0 Å². The molecule has 4 aromatic heterocycles. The number of nitrogens with zero attached hydrogens (tertiary/aromatic N) is 3. The third kappa shape index (κ3) is 5.93. The van der Waals surface area contributed by atoms with Gasteiger partial charge in [0.15, 0.2) is 17.5 Å². The summed E-state index contributed by atoms with van der Waals surface area (Å²) in [5.74, 6) is 1.70. The molecule has 0 unspecified atom stereocenters. The Labute approximate surface area is 440 Å². The van der Waals surface area contributed by atoms with E-state index in [0.717, 1.165) is 93.8 Å². The van der Waals surface area contributed by atoms with Gasteiger partial charge in [-0.2, -0.15) is 0 Å². The summed E-state index contributed by atoms with van der Waals surface area (Å²) in [6.45, 7) is 8.83. The van der Waals surface area contributed by atoms with Crippen LogP contribution in [0.2, 0.25) is 0 Å². The zero-order chi connectivity index (χ0) is 50.2. The molecule has 6 heteroatoms. The van der Waals surface area contributed by atoms with Crippen LogP contribution < -0.4 is 0 Å². The minimum Gasteiger partial charge on any atom is -0.456 e. The van der Waals surface area contributed by atoms with Crippen LogP contribution in [0.5, 0.6) is 0 Å². The molecule has 354 valence electrons. The normalized spacial score (nSPS) is 13.4. The molecule has 0 saturated carbocycles. The van der Waals surface area contributed by atoms with Crippen LogP contribution in [0.15, 0.2) is 252 Å². The maximum absolute atomic E-state index is 6.70.